The minimum absolute atomic E-state index is 0.788. The molecule has 0 aromatic heterocycles. The average Bonchev–Trinajstić information content (AvgIpc) is 3.00. The van der Waals surface area contributed by atoms with Crippen LogP contribution in [0.1, 0.15) is 36.8 Å². The van der Waals surface area contributed by atoms with Crippen LogP contribution >= 0.6 is 0 Å². The van der Waals surface area contributed by atoms with E-state index in [-0.39, 0.29) is 0 Å². The molecule has 0 saturated carbocycles. The second kappa shape index (κ2) is 6.10. The molecule has 0 radical (unpaired) electrons. The third-order valence-electron chi connectivity index (χ3n) is 6.17. The lowest BCUT2D eigenvalue weighted by atomic mass is 9.79. The van der Waals surface area contributed by atoms with Crippen molar-refractivity contribution in [2.45, 2.75) is 44.6 Å². The van der Waals surface area contributed by atoms with Crippen molar-refractivity contribution in [2.24, 2.45) is 11.8 Å². The zero-order chi connectivity index (χ0) is 14.1. The van der Waals surface area contributed by atoms with Crippen molar-refractivity contribution in [3.8, 4) is 0 Å². The Bertz CT molecular complexity index is 445. The van der Waals surface area contributed by atoms with E-state index in [1.54, 1.807) is 11.1 Å². The number of piperidine rings is 2. The standard InChI is InChI=1S/C19H28N2/c1-2-4-18-14-19(13-17(18)3-1)21-11-7-16(8-12-21)15-5-9-20-10-6-15/h1-4,15-16,19-20H,5-14H2. The number of nitrogens with zero attached hydrogens (tertiary/aromatic N) is 1. The summed E-state index contributed by atoms with van der Waals surface area (Å²) in [5.41, 5.74) is 3.20. The zero-order valence-corrected chi connectivity index (χ0v) is 13.1. The summed E-state index contributed by atoms with van der Waals surface area (Å²) >= 11 is 0. The van der Waals surface area contributed by atoms with Crippen molar-refractivity contribution >= 4 is 0 Å². The summed E-state index contributed by atoms with van der Waals surface area (Å²) in [6.07, 6.45) is 8.29. The number of hydrogen-bond donors (Lipinski definition) is 1. The van der Waals surface area contributed by atoms with Gasteiger partial charge in [-0.25, -0.2) is 0 Å². The second-order valence-corrected chi connectivity index (χ2v) is 7.29. The van der Waals surface area contributed by atoms with Crippen LogP contribution in [0.2, 0.25) is 0 Å². The predicted octanol–water partition coefficient (Wildman–Crippen LogP) is 2.87. The smallest absolute Gasteiger partial charge is 0.0176 e. The Kier molecular flexibility index (Phi) is 4.00. The molecule has 2 heterocycles. The monoisotopic (exact) mass is 284 g/mol. The summed E-state index contributed by atoms with van der Waals surface area (Å²) in [5, 5.41) is 3.51. The molecule has 1 N–H and O–H groups in total. The highest BCUT2D eigenvalue weighted by Crippen LogP contribution is 2.33. The molecule has 1 aromatic carbocycles. The molecule has 0 amide bonds. The van der Waals surface area contributed by atoms with E-state index in [1.165, 1.54) is 64.7 Å². The Morgan fingerprint density at radius 1 is 0.810 bits per heavy atom. The molecule has 1 aliphatic carbocycles. The quantitative estimate of drug-likeness (QED) is 0.898. The van der Waals surface area contributed by atoms with Crippen LogP contribution in [-0.4, -0.2) is 37.1 Å². The molecule has 1 aromatic rings. The molecule has 0 atom stereocenters. The number of nitrogens with one attached hydrogen (secondary N) is 1. The van der Waals surface area contributed by atoms with Gasteiger partial charge in [-0.15, -0.1) is 0 Å². The maximum Gasteiger partial charge on any atom is 0.0176 e. The molecule has 0 spiro atoms. The minimum Gasteiger partial charge on any atom is -0.317 e. The van der Waals surface area contributed by atoms with Crippen LogP contribution in [0, 0.1) is 11.8 Å². The predicted molar refractivity (Wildman–Crippen MR) is 87.5 cm³/mol. The minimum atomic E-state index is 0.788. The van der Waals surface area contributed by atoms with E-state index < -0.39 is 0 Å². The van der Waals surface area contributed by atoms with E-state index in [2.05, 4.69) is 34.5 Å². The molecular formula is C19H28N2. The first-order valence-electron chi connectivity index (χ1n) is 8.92. The van der Waals surface area contributed by atoms with Crippen LogP contribution in [0.15, 0.2) is 24.3 Å². The topological polar surface area (TPSA) is 15.3 Å². The van der Waals surface area contributed by atoms with Crippen molar-refractivity contribution in [1.82, 2.24) is 10.2 Å². The number of hydrogen-bond acceptors (Lipinski definition) is 2. The summed E-state index contributed by atoms with van der Waals surface area (Å²) in [5.74, 6) is 2.02. The van der Waals surface area contributed by atoms with Gasteiger partial charge < -0.3 is 5.32 Å². The fourth-order valence-corrected chi connectivity index (χ4v) is 4.87. The molecule has 2 aliphatic heterocycles. The van der Waals surface area contributed by atoms with Crippen LogP contribution in [0.3, 0.4) is 0 Å². The van der Waals surface area contributed by atoms with E-state index in [0.29, 0.717) is 0 Å². The van der Waals surface area contributed by atoms with Crippen molar-refractivity contribution in [1.29, 1.82) is 0 Å². The number of likely N-dealkylation sites (tertiary alicyclic amines) is 1. The summed E-state index contributed by atoms with van der Waals surface area (Å²) in [7, 11) is 0. The van der Waals surface area contributed by atoms with Gasteiger partial charge in [-0.2, -0.15) is 0 Å². The van der Waals surface area contributed by atoms with E-state index >= 15 is 0 Å². The Morgan fingerprint density at radius 3 is 2.00 bits per heavy atom. The van der Waals surface area contributed by atoms with Crippen molar-refractivity contribution in [3.05, 3.63) is 35.4 Å². The van der Waals surface area contributed by atoms with Crippen LogP contribution in [0.25, 0.3) is 0 Å². The lowest BCUT2D eigenvalue weighted by Crippen LogP contribution is -2.44. The molecule has 2 saturated heterocycles. The fourth-order valence-electron chi connectivity index (χ4n) is 4.87. The highest BCUT2D eigenvalue weighted by atomic mass is 15.2. The Balaban J connectivity index is 1.32. The van der Waals surface area contributed by atoms with Crippen LogP contribution in [0.5, 0.6) is 0 Å². The Hall–Kier alpha value is -0.860. The summed E-state index contributed by atoms with van der Waals surface area (Å²) < 4.78 is 0. The molecular weight excluding hydrogens is 256 g/mol. The fraction of sp³-hybridized carbons (Fsp3) is 0.684. The molecule has 0 unspecified atom stereocenters. The molecule has 3 aliphatic rings. The molecule has 2 nitrogen and oxygen atoms in total. The van der Waals surface area contributed by atoms with Gasteiger partial charge in [0.1, 0.15) is 0 Å². The number of benzene rings is 1. The average molecular weight is 284 g/mol. The van der Waals surface area contributed by atoms with Gasteiger partial charge in [-0.1, -0.05) is 24.3 Å². The van der Waals surface area contributed by atoms with E-state index in [1.807, 2.05) is 0 Å². The van der Waals surface area contributed by atoms with E-state index in [0.717, 1.165) is 17.9 Å². The van der Waals surface area contributed by atoms with Gasteiger partial charge in [0.2, 0.25) is 0 Å². The largest absolute Gasteiger partial charge is 0.317 e. The zero-order valence-electron chi connectivity index (χ0n) is 13.1. The molecule has 21 heavy (non-hydrogen) atoms. The van der Waals surface area contributed by atoms with Gasteiger partial charge in [0.05, 0.1) is 0 Å². The number of rotatable bonds is 2. The second-order valence-electron chi connectivity index (χ2n) is 7.29. The highest BCUT2D eigenvalue weighted by Gasteiger charge is 2.32. The van der Waals surface area contributed by atoms with Crippen LogP contribution in [-0.2, 0) is 12.8 Å². The highest BCUT2D eigenvalue weighted by molar-refractivity contribution is 5.33. The van der Waals surface area contributed by atoms with Gasteiger partial charge in [0, 0.05) is 6.04 Å². The van der Waals surface area contributed by atoms with E-state index in [4.69, 9.17) is 0 Å². The summed E-state index contributed by atoms with van der Waals surface area (Å²) in [6, 6.07) is 9.85. The van der Waals surface area contributed by atoms with E-state index in [9.17, 15) is 0 Å². The van der Waals surface area contributed by atoms with Gasteiger partial charge in [0.25, 0.3) is 0 Å². The molecule has 0 bridgehead atoms. The van der Waals surface area contributed by atoms with Crippen molar-refractivity contribution in [2.75, 3.05) is 26.2 Å². The lowest BCUT2D eigenvalue weighted by molar-refractivity contribution is 0.1000. The lowest BCUT2D eigenvalue weighted by Gasteiger charge is -2.40. The maximum atomic E-state index is 3.51. The molecule has 2 fully saturated rings. The first-order chi connectivity index (χ1) is 10.4. The van der Waals surface area contributed by atoms with Gasteiger partial charge in [-0.05, 0) is 87.7 Å². The molecule has 2 heteroatoms. The third-order valence-corrected chi connectivity index (χ3v) is 6.17. The normalized spacial score (nSPS) is 26.1. The van der Waals surface area contributed by atoms with Crippen molar-refractivity contribution < 1.29 is 0 Å². The first kappa shape index (κ1) is 13.8. The van der Waals surface area contributed by atoms with Gasteiger partial charge >= 0.3 is 0 Å². The summed E-state index contributed by atoms with van der Waals surface area (Å²) in [4.78, 5) is 2.79. The van der Waals surface area contributed by atoms with Gasteiger partial charge in [0.15, 0.2) is 0 Å². The molecule has 4 rings (SSSR count). The van der Waals surface area contributed by atoms with Crippen molar-refractivity contribution in [3.63, 3.8) is 0 Å². The van der Waals surface area contributed by atoms with Crippen LogP contribution < -0.4 is 5.32 Å². The SMILES string of the molecule is c1ccc2c(c1)CC(N1CCC(C3CCNCC3)CC1)C2. The Morgan fingerprint density at radius 2 is 1.38 bits per heavy atom. The Labute approximate surface area is 128 Å². The number of fused-ring (bicyclic) bond motifs is 1. The maximum absolute atomic E-state index is 3.51. The van der Waals surface area contributed by atoms with Gasteiger partial charge in [-0.3, -0.25) is 4.90 Å². The molecule has 114 valence electrons. The third kappa shape index (κ3) is 2.89. The first-order valence-corrected chi connectivity index (χ1v) is 8.92. The summed E-state index contributed by atoms with van der Waals surface area (Å²) in [6.45, 7) is 5.19. The van der Waals surface area contributed by atoms with Crippen LogP contribution in [0.4, 0.5) is 0 Å².